The van der Waals surface area contributed by atoms with E-state index in [0.29, 0.717) is 12.1 Å². The Morgan fingerprint density at radius 1 is 0.920 bits per heavy atom. The molecule has 0 N–H and O–H groups in total. The molecule has 4 rings (SSSR count). The zero-order valence-electron chi connectivity index (χ0n) is 15.3. The number of rotatable bonds is 5. The summed E-state index contributed by atoms with van der Waals surface area (Å²) in [5.74, 6) is 0.780. The highest BCUT2D eigenvalue weighted by Crippen LogP contribution is 2.46. The van der Waals surface area contributed by atoms with Crippen LogP contribution in [0.3, 0.4) is 0 Å². The molecule has 1 aliphatic heterocycles. The largest absolute Gasteiger partial charge is 0.288 e. The second-order valence-electron chi connectivity index (χ2n) is 7.64. The van der Waals surface area contributed by atoms with Crippen molar-refractivity contribution in [3.63, 3.8) is 0 Å². The van der Waals surface area contributed by atoms with Gasteiger partial charge in [0.05, 0.1) is 6.04 Å². The molecule has 0 spiro atoms. The average Bonchev–Trinajstić information content (AvgIpc) is 3.28. The average molecular weight is 332 g/mol. The second kappa shape index (κ2) is 7.13. The molecule has 2 aromatic rings. The van der Waals surface area contributed by atoms with Crippen LogP contribution in [-0.4, -0.2) is 23.2 Å². The molecule has 1 aliphatic carbocycles. The smallest absolute Gasteiger partial charge is 0.0717 e. The van der Waals surface area contributed by atoms with E-state index in [-0.39, 0.29) is 6.04 Å². The molecule has 0 unspecified atom stereocenters. The van der Waals surface area contributed by atoms with Crippen molar-refractivity contribution in [1.29, 1.82) is 0 Å². The van der Waals surface area contributed by atoms with Gasteiger partial charge in [-0.2, -0.15) is 0 Å². The lowest BCUT2D eigenvalue weighted by molar-refractivity contribution is 0.132. The second-order valence-corrected chi connectivity index (χ2v) is 7.64. The highest BCUT2D eigenvalue weighted by Gasteiger charge is 2.46. The third-order valence-electron chi connectivity index (χ3n) is 6.17. The highest BCUT2D eigenvalue weighted by atomic mass is 15.3. The summed E-state index contributed by atoms with van der Waals surface area (Å²) in [6, 6.07) is 23.5. The minimum Gasteiger partial charge on any atom is -0.288 e. The molecule has 2 aromatic carbocycles. The van der Waals surface area contributed by atoms with Crippen molar-refractivity contribution in [2.24, 2.45) is 10.9 Å². The van der Waals surface area contributed by atoms with Crippen LogP contribution in [0.5, 0.6) is 0 Å². The molecule has 2 fully saturated rings. The Balaban J connectivity index is 1.54. The lowest BCUT2D eigenvalue weighted by atomic mass is 9.96. The fraction of sp³-hybridized carbons (Fsp3) is 0.435. The summed E-state index contributed by atoms with van der Waals surface area (Å²) in [5.41, 5.74) is 2.72. The first-order valence-corrected chi connectivity index (χ1v) is 9.64. The van der Waals surface area contributed by atoms with E-state index in [4.69, 9.17) is 4.99 Å². The Labute approximate surface area is 151 Å². The number of hydrogen-bond donors (Lipinski definition) is 0. The molecule has 2 bridgehead atoms. The highest BCUT2D eigenvalue weighted by molar-refractivity contribution is 5.66. The van der Waals surface area contributed by atoms with Gasteiger partial charge in [0, 0.05) is 24.3 Å². The van der Waals surface area contributed by atoms with E-state index in [1.54, 1.807) is 0 Å². The van der Waals surface area contributed by atoms with Gasteiger partial charge in [0.1, 0.15) is 0 Å². The molecule has 0 aromatic heterocycles. The Morgan fingerprint density at radius 2 is 1.56 bits per heavy atom. The minimum atomic E-state index is 0.231. The summed E-state index contributed by atoms with van der Waals surface area (Å²) >= 11 is 0. The normalized spacial score (nSPS) is 28.5. The van der Waals surface area contributed by atoms with Gasteiger partial charge in [-0.15, -0.1) is 0 Å². The van der Waals surface area contributed by atoms with Crippen LogP contribution < -0.4 is 0 Å². The summed E-state index contributed by atoms with van der Waals surface area (Å²) < 4.78 is 0. The maximum atomic E-state index is 4.95. The number of aliphatic imine (C=N–C) groups is 1. The van der Waals surface area contributed by atoms with Crippen LogP contribution in [0.1, 0.15) is 56.3 Å². The standard InChI is InChI=1S/C23H28N2/c1-17(19-9-5-3-6-10-19)24-16-23-21-13-14-22(15-21)25(23)18(2)20-11-7-4-8-12-20/h3-12,16-18,21-23H,13-15H2,1-2H3/t17-,18-,21+,22-,23-/m0/s1. The van der Waals surface area contributed by atoms with Crippen molar-refractivity contribution in [3.05, 3.63) is 71.8 Å². The van der Waals surface area contributed by atoms with E-state index in [9.17, 15) is 0 Å². The van der Waals surface area contributed by atoms with Crippen LogP contribution in [0.25, 0.3) is 0 Å². The molecule has 1 saturated carbocycles. The fourth-order valence-electron chi connectivity index (χ4n) is 4.77. The van der Waals surface area contributed by atoms with E-state index in [0.717, 1.165) is 12.0 Å². The number of fused-ring (bicyclic) bond motifs is 2. The predicted octanol–water partition coefficient (Wildman–Crippen LogP) is 5.43. The van der Waals surface area contributed by atoms with Gasteiger partial charge in [0.25, 0.3) is 0 Å². The van der Waals surface area contributed by atoms with Gasteiger partial charge in [0.2, 0.25) is 0 Å². The fourth-order valence-corrected chi connectivity index (χ4v) is 4.77. The molecule has 5 atom stereocenters. The molecular weight excluding hydrogens is 304 g/mol. The van der Waals surface area contributed by atoms with Crippen molar-refractivity contribution in [2.75, 3.05) is 0 Å². The maximum absolute atomic E-state index is 4.95. The summed E-state index contributed by atoms with van der Waals surface area (Å²) in [5, 5.41) is 0. The molecule has 0 radical (unpaired) electrons. The molecule has 1 heterocycles. The first kappa shape index (κ1) is 16.5. The van der Waals surface area contributed by atoms with Gasteiger partial charge in [-0.05, 0) is 50.2 Å². The van der Waals surface area contributed by atoms with E-state index in [2.05, 4.69) is 85.6 Å². The summed E-state index contributed by atoms with van der Waals surface area (Å²) in [4.78, 5) is 7.68. The quantitative estimate of drug-likeness (QED) is 0.666. The van der Waals surface area contributed by atoms with Crippen molar-refractivity contribution >= 4 is 6.21 Å². The summed E-state index contributed by atoms with van der Waals surface area (Å²) in [7, 11) is 0. The van der Waals surface area contributed by atoms with Crippen LogP contribution in [-0.2, 0) is 0 Å². The lowest BCUT2D eigenvalue weighted by Crippen LogP contribution is -2.43. The van der Waals surface area contributed by atoms with Crippen LogP contribution >= 0.6 is 0 Å². The first-order valence-electron chi connectivity index (χ1n) is 9.64. The zero-order valence-corrected chi connectivity index (χ0v) is 15.3. The van der Waals surface area contributed by atoms with E-state index in [1.165, 1.54) is 30.4 Å². The predicted molar refractivity (Wildman–Crippen MR) is 105 cm³/mol. The Hall–Kier alpha value is -1.93. The van der Waals surface area contributed by atoms with Gasteiger partial charge >= 0.3 is 0 Å². The Morgan fingerprint density at radius 3 is 2.24 bits per heavy atom. The van der Waals surface area contributed by atoms with Crippen molar-refractivity contribution in [1.82, 2.24) is 4.90 Å². The lowest BCUT2D eigenvalue weighted by Gasteiger charge is -2.38. The monoisotopic (exact) mass is 332 g/mol. The van der Waals surface area contributed by atoms with Crippen molar-refractivity contribution in [2.45, 2.75) is 57.3 Å². The molecule has 0 amide bonds. The summed E-state index contributed by atoms with van der Waals surface area (Å²) in [6.07, 6.45) is 6.31. The van der Waals surface area contributed by atoms with Crippen LogP contribution in [0.2, 0.25) is 0 Å². The van der Waals surface area contributed by atoms with Gasteiger partial charge in [-0.3, -0.25) is 9.89 Å². The molecule has 2 aliphatic rings. The number of benzene rings is 2. The third-order valence-corrected chi connectivity index (χ3v) is 6.17. The molecule has 25 heavy (non-hydrogen) atoms. The van der Waals surface area contributed by atoms with Gasteiger partial charge in [-0.1, -0.05) is 60.7 Å². The van der Waals surface area contributed by atoms with Crippen LogP contribution in [0.4, 0.5) is 0 Å². The van der Waals surface area contributed by atoms with E-state index in [1.807, 2.05) is 0 Å². The van der Waals surface area contributed by atoms with Gasteiger partial charge < -0.3 is 0 Å². The number of hydrogen-bond acceptors (Lipinski definition) is 2. The SMILES string of the molecule is C[C@H](N=C[C@H]1[C@@H]2CC[C@@H](C2)N1[C@@H](C)c1ccccc1)c1ccccc1. The van der Waals surface area contributed by atoms with Crippen LogP contribution in [0.15, 0.2) is 65.7 Å². The molecule has 2 heteroatoms. The first-order chi connectivity index (χ1) is 12.2. The molecular formula is C23H28N2. The number of piperidine rings is 1. The van der Waals surface area contributed by atoms with Crippen LogP contribution in [0, 0.1) is 5.92 Å². The maximum Gasteiger partial charge on any atom is 0.0717 e. The van der Waals surface area contributed by atoms with Gasteiger partial charge in [0.15, 0.2) is 0 Å². The Bertz CT molecular complexity index is 709. The van der Waals surface area contributed by atoms with Crippen molar-refractivity contribution < 1.29 is 0 Å². The minimum absolute atomic E-state index is 0.231. The number of nitrogens with zero attached hydrogens (tertiary/aromatic N) is 2. The third kappa shape index (κ3) is 3.28. The van der Waals surface area contributed by atoms with E-state index >= 15 is 0 Å². The van der Waals surface area contributed by atoms with Gasteiger partial charge in [-0.25, -0.2) is 0 Å². The van der Waals surface area contributed by atoms with Crippen molar-refractivity contribution in [3.8, 4) is 0 Å². The molecule has 2 nitrogen and oxygen atoms in total. The molecule has 1 saturated heterocycles. The number of likely N-dealkylation sites (tertiary alicyclic amines) is 1. The summed E-state index contributed by atoms with van der Waals surface area (Å²) in [6.45, 7) is 4.56. The Kier molecular flexibility index (Phi) is 4.72. The zero-order chi connectivity index (χ0) is 17.2. The van der Waals surface area contributed by atoms with E-state index < -0.39 is 0 Å². The molecule has 130 valence electrons. The topological polar surface area (TPSA) is 15.6 Å².